The van der Waals surface area contributed by atoms with Crippen molar-refractivity contribution in [2.45, 2.75) is 96.0 Å². The Labute approximate surface area is 218 Å². The van der Waals surface area contributed by atoms with E-state index in [1.165, 1.54) is 18.4 Å². The lowest BCUT2D eigenvalue weighted by Crippen LogP contribution is -2.19. The number of rotatable bonds is 8. The first-order valence-electron chi connectivity index (χ1n) is 11.2. The molecule has 0 aliphatic heterocycles. The van der Waals surface area contributed by atoms with Crippen LogP contribution in [0.25, 0.3) is 0 Å². The second-order valence-corrected chi connectivity index (χ2v) is 12.4. The Hall–Kier alpha value is -1.82. The van der Waals surface area contributed by atoms with Gasteiger partial charge in [0.05, 0.1) is 34.2 Å². The van der Waals surface area contributed by atoms with E-state index >= 15 is 0 Å². The summed E-state index contributed by atoms with van der Waals surface area (Å²) in [7, 11) is -6.75. The molecule has 0 aromatic heterocycles. The number of benzene rings is 2. The molecular formula is C26H44O8S2. The number of aliphatic hydroxyl groups is 3. The average Bonchev–Trinajstić information content (AvgIpc) is 2.66. The second kappa shape index (κ2) is 16.8. The highest BCUT2D eigenvalue weighted by Crippen LogP contribution is 2.16. The minimum Gasteiger partial charge on any atom is -0.393 e. The van der Waals surface area contributed by atoms with Crippen LogP contribution in [0.1, 0.15) is 59.1 Å². The number of hydrogen-bond donors (Lipinski definition) is 3. The van der Waals surface area contributed by atoms with Gasteiger partial charge in [-0.05, 0) is 72.2 Å². The van der Waals surface area contributed by atoms with Crippen LogP contribution >= 0.6 is 0 Å². The fourth-order valence-electron chi connectivity index (χ4n) is 2.78. The van der Waals surface area contributed by atoms with E-state index in [9.17, 15) is 16.8 Å². The Morgan fingerprint density at radius 3 is 1.28 bits per heavy atom. The van der Waals surface area contributed by atoms with Crippen molar-refractivity contribution >= 4 is 20.0 Å². The molecule has 2 rings (SSSR count). The minimum atomic E-state index is -3.73. The van der Waals surface area contributed by atoms with E-state index in [-0.39, 0.29) is 31.0 Å². The van der Waals surface area contributed by atoms with Gasteiger partial charge in [0.25, 0.3) is 10.1 Å². The molecule has 0 radical (unpaired) electrons. The van der Waals surface area contributed by atoms with Gasteiger partial charge in [0.1, 0.15) is 0 Å². The van der Waals surface area contributed by atoms with Gasteiger partial charge in [0.15, 0.2) is 9.84 Å². The largest absolute Gasteiger partial charge is 0.393 e. The van der Waals surface area contributed by atoms with E-state index in [1.54, 1.807) is 64.1 Å². The minimum absolute atomic E-state index is 0. The fourth-order valence-corrected chi connectivity index (χ4v) is 4.50. The number of sulfone groups is 1. The summed E-state index contributed by atoms with van der Waals surface area (Å²) < 4.78 is 50.5. The van der Waals surface area contributed by atoms with Crippen LogP contribution in [0.15, 0.2) is 58.3 Å². The first-order chi connectivity index (χ1) is 15.9. The summed E-state index contributed by atoms with van der Waals surface area (Å²) in [5.41, 5.74) is 2.05. The zero-order chi connectivity index (χ0) is 27.4. The molecule has 2 aromatic carbocycles. The Morgan fingerprint density at radius 1 is 0.667 bits per heavy atom. The molecule has 2 unspecified atom stereocenters. The summed E-state index contributed by atoms with van der Waals surface area (Å²) >= 11 is 0. The maximum atomic E-state index is 11.8. The van der Waals surface area contributed by atoms with Crippen LogP contribution in [0, 0.1) is 13.8 Å². The lowest BCUT2D eigenvalue weighted by Gasteiger charge is -2.14. The Balaban J connectivity index is 0. The third-order valence-electron chi connectivity index (χ3n) is 4.41. The van der Waals surface area contributed by atoms with Crippen molar-refractivity contribution in [1.29, 1.82) is 0 Å². The van der Waals surface area contributed by atoms with Crippen molar-refractivity contribution in [3.8, 4) is 0 Å². The molecule has 36 heavy (non-hydrogen) atoms. The van der Waals surface area contributed by atoms with Gasteiger partial charge in [0, 0.05) is 12.7 Å². The van der Waals surface area contributed by atoms with Gasteiger partial charge < -0.3 is 15.3 Å². The number of hydrogen-bond acceptors (Lipinski definition) is 8. The fraction of sp³-hybridized carbons (Fsp3) is 0.538. The molecule has 3 N–H and O–H groups in total. The normalized spacial score (nSPS) is 14.5. The van der Waals surface area contributed by atoms with Crippen LogP contribution in [0.5, 0.6) is 0 Å². The van der Waals surface area contributed by atoms with Gasteiger partial charge in [-0.3, -0.25) is 4.18 Å². The van der Waals surface area contributed by atoms with E-state index < -0.39 is 32.2 Å². The maximum Gasteiger partial charge on any atom is 0.297 e. The number of aliphatic hydroxyl groups excluding tert-OH is 3. The van der Waals surface area contributed by atoms with Gasteiger partial charge in [0.2, 0.25) is 0 Å². The van der Waals surface area contributed by atoms with Crippen LogP contribution in [-0.4, -0.2) is 62.8 Å². The molecule has 2 aromatic rings. The van der Waals surface area contributed by atoms with E-state index in [0.29, 0.717) is 11.3 Å². The summed E-state index contributed by atoms with van der Waals surface area (Å²) in [6.07, 6.45) is 0.0856. The molecule has 0 saturated carbocycles. The maximum absolute atomic E-state index is 11.8. The quantitative estimate of drug-likeness (QED) is 0.420. The summed E-state index contributed by atoms with van der Waals surface area (Å²) in [5.74, 6) is 0. The summed E-state index contributed by atoms with van der Waals surface area (Å²) in [6.45, 7) is 10.3. The average molecular weight is 549 g/mol. The van der Waals surface area contributed by atoms with Crippen LogP contribution < -0.4 is 0 Å². The van der Waals surface area contributed by atoms with E-state index in [0.717, 1.165) is 11.1 Å². The summed E-state index contributed by atoms with van der Waals surface area (Å²) in [6, 6.07) is 13.3. The molecule has 0 saturated heterocycles. The molecule has 10 heteroatoms. The third kappa shape index (κ3) is 16.8. The van der Waals surface area contributed by atoms with E-state index in [1.807, 2.05) is 13.8 Å². The van der Waals surface area contributed by atoms with Crippen LogP contribution in [-0.2, 0) is 24.1 Å². The molecule has 0 amide bonds. The monoisotopic (exact) mass is 548 g/mol. The Bertz CT molecular complexity index is 1050. The van der Waals surface area contributed by atoms with Crippen LogP contribution in [0.4, 0.5) is 0 Å². The topological polar surface area (TPSA) is 138 Å². The molecule has 0 aliphatic rings. The van der Waals surface area contributed by atoms with Gasteiger partial charge >= 0.3 is 0 Å². The molecule has 0 fully saturated rings. The molecule has 8 nitrogen and oxygen atoms in total. The van der Waals surface area contributed by atoms with Crippen molar-refractivity contribution < 1.29 is 36.3 Å². The summed E-state index contributed by atoms with van der Waals surface area (Å²) in [4.78, 5) is 0.517. The highest BCUT2D eigenvalue weighted by Gasteiger charge is 2.19. The molecule has 0 aliphatic carbocycles. The van der Waals surface area contributed by atoms with Crippen LogP contribution in [0.3, 0.4) is 0 Å². The van der Waals surface area contributed by atoms with E-state index in [2.05, 4.69) is 0 Å². The number of aryl methyl sites for hydroxylation is 2. The lowest BCUT2D eigenvalue weighted by molar-refractivity contribution is 0.102. The summed E-state index contributed by atoms with van der Waals surface area (Å²) in [5, 5.41) is 26.3. The van der Waals surface area contributed by atoms with Gasteiger partial charge in [-0.25, -0.2) is 8.42 Å². The molecular weight excluding hydrogens is 504 g/mol. The molecule has 0 bridgehead atoms. The predicted molar refractivity (Wildman–Crippen MR) is 144 cm³/mol. The van der Waals surface area contributed by atoms with E-state index in [4.69, 9.17) is 19.5 Å². The van der Waals surface area contributed by atoms with Crippen LogP contribution in [0.2, 0.25) is 0 Å². The third-order valence-corrected chi connectivity index (χ3v) is 6.96. The zero-order valence-electron chi connectivity index (χ0n) is 21.5. The SMILES string of the molecule is C.CC(O)C[C@@H](C)O.Cc1ccc(S(=O)(=O)O[C@H](C)CC(C)O)cc1.Cc1ccc(S(C)(=O)=O)cc1. The smallest absolute Gasteiger partial charge is 0.297 e. The van der Waals surface area contributed by atoms with Crippen molar-refractivity contribution in [2.24, 2.45) is 0 Å². The van der Waals surface area contributed by atoms with Crippen molar-refractivity contribution in [3.05, 3.63) is 59.7 Å². The first kappa shape index (κ1) is 36.3. The standard InChI is InChI=1S/C12H18O4S.C8H10O2S.C5H12O2.CH4/c1-9-4-6-12(7-5-9)17(14,15)16-11(3)8-10(2)13;1-7-3-5-8(6-4-7)11(2,9)10;1-4(6)3-5(2)7;/h4-7,10-11,13H,8H2,1-3H3;3-6H,1-2H3;4-7H,3H2,1-2H3;1H4/t10?,11-;;4-,5?;/m1.1./s1. The lowest BCUT2D eigenvalue weighted by atomic mass is 10.2. The van der Waals surface area contributed by atoms with Gasteiger partial charge in [-0.15, -0.1) is 0 Å². The Kier molecular flexibility index (Phi) is 17.0. The first-order valence-corrected chi connectivity index (χ1v) is 14.5. The zero-order valence-corrected chi connectivity index (χ0v) is 23.2. The van der Waals surface area contributed by atoms with Crippen molar-refractivity contribution in [3.63, 3.8) is 0 Å². The molecule has 0 heterocycles. The van der Waals surface area contributed by atoms with Crippen molar-refractivity contribution in [1.82, 2.24) is 0 Å². The molecule has 208 valence electrons. The highest BCUT2D eigenvalue weighted by molar-refractivity contribution is 7.90. The Morgan fingerprint density at radius 2 is 1.00 bits per heavy atom. The predicted octanol–water partition coefficient (Wildman–Crippen LogP) is 4.03. The second-order valence-electron chi connectivity index (χ2n) is 8.78. The highest BCUT2D eigenvalue weighted by atomic mass is 32.2. The van der Waals surface area contributed by atoms with Crippen molar-refractivity contribution in [2.75, 3.05) is 6.26 Å². The van der Waals surface area contributed by atoms with Gasteiger partial charge in [-0.1, -0.05) is 42.8 Å². The molecule has 4 atom stereocenters. The molecule has 0 spiro atoms. The van der Waals surface area contributed by atoms with Gasteiger partial charge in [-0.2, -0.15) is 8.42 Å².